The molecular formula is C26H19N3. The van der Waals surface area contributed by atoms with Crippen molar-refractivity contribution in [2.45, 2.75) is 6.92 Å². The topological polar surface area (TPSA) is 38.7 Å². The summed E-state index contributed by atoms with van der Waals surface area (Å²) >= 11 is 0. The molecule has 0 atom stereocenters. The largest absolute Gasteiger partial charge is 0.256 e. The first-order chi connectivity index (χ1) is 14.3. The van der Waals surface area contributed by atoms with E-state index >= 15 is 0 Å². The third kappa shape index (κ3) is 3.39. The average molecular weight is 373 g/mol. The van der Waals surface area contributed by atoms with Crippen molar-refractivity contribution in [3.8, 4) is 33.8 Å². The van der Waals surface area contributed by atoms with Crippen molar-refractivity contribution >= 4 is 11.0 Å². The van der Waals surface area contributed by atoms with Crippen LogP contribution >= 0.6 is 0 Å². The molecule has 5 aromatic rings. The van der Waals surface area contributed by atoms with Crippen molar-refractivity contribution in [3.05, 3.63) is 103 Å². The van der Waals surface area contributed by atoms with Gasteiger partial charge in [0.15, 0.2) is 0 Å². The van der Waals surface area contributed by atoms with Gasteiger partial charge in [-0.1, -0.05) is 72.3 Å². The zero-order valence-electron chi connectivity index (χ0n) is 16.1. The van der Waals surface area contributed by atoms with Crippen molar-refractivity contribution in [3.63, 3.8) is 0 Å². The Labute approximate surface area is 169 Å². The van der Waals surface area contributed by atoms with Gasteiger partial charge < -0.3 is 0 Å². The molecule has 29 heavy (non-hydrogen) atoms. The van der Waals surface area contributed by atoms with Crippen molar-refractivity contribution in [1.82, 2.24) is 15.0 Å². The molecule has 0 aliphatic rings. The second-order valence-corrected chi connectivity index (χ2v) is 7.07. The molecule has 0 spiro atoms. The normalized spacial score (nSPS) is 10.9. The van der Waals surface area contributed by atoms with E-state index in [0.29, 0.717) is 0 Å². The Morgan fingerprint density at radius 2 is 1.03 bits per heavy atom. The molecule has 0 amide bonds. The van der Waals surface area contributed by atoms with Gasteiger partial charge in [0.2, 0.25) is 0 Å². The summed E-state index contributed by atoms with van der Waals surface area (Å²) in [6.07, 6.45) is 1.81. The van der Waals surface area contributed by atoms with Crippen LogP contribution in [0, 0.1) is 6.92 Å². The van der Waals surface area contributed by atoms with E-state index in [2.05, 4.69) is 60.4 Å². The quantitative estimate of drug-likeness (QED) is 0.371. The fourth-order valence-electron chi connectivity index (χ4n) is 3.45. The molecule has 0 aliphatic heterocycles. The highest BCUT2D eigenvalue weighted by Gasteiger charge is 2.13. The van der Waals surface area contributed by atoms with Gasteiger partial charge in [-0.3, -0.25) is 4.98 Å². The van der Waals surface area contributed by atoms with E-state index < -0.39 is 0 Å². The van der Waals surface area contributed by atoms with Crippen LogP contribution in [0.1, 0.15) is 5.56 Å². The van der Waals surface area contributed by atoms with E-state index in [9.17, 15) is 0 Å². The van der Waals surface area contributed by atoms with E-state index in [1.807, 2.05) is 48.7 Å². The van der Waals surface area contributed by atoms with Crippen LogP contribution in [0.3, 0.4) is 0 Å². The Hall–Kier alpha value is -3.85. The molecular weight excluding hydrogens is 354 g/mol. The summed E-state index contributed by atoms with van der Waals surface area (Å²) < 4.78 is 0. The van der Waals surface area contributed by atoms with Gasteiger partial charge in [0, 0.05) is 22.9 Å². The minimum Gasteiger partial charge on any atom is -0.256 e. The Morgan fingerprint density at radius 3 is 1.59 bits per heavy atom. The van der Waals surface area contributed by atoms with Gasteiger partial charge in [0.1, 0.15) is 0 Å². The molecule has 3 aromatic carbocycles. The SMILES string of the molecule is Cc1ccc(-c2nc3ccccc3nc2-c2ccc(-c3ccccn3)cc2)cc1. The number of benzene rings is 3. The second-order valence-electron chi connectivity index (χ2n) is 7.07. The van der Waals surface area contributed by atoms with Gasteiger partial charge in [-0.15, -0.1) is 0 Å². The maximum atomic E-state index is 4.97. The molecule has 3 nitrogen and oxygen atoms in total. The fourth-order valence-corrected chi connectivity index (χ4v) is 3.45. The average Bonchev–Trinajstić information content (AvgIpc) is 2.79. The van der Waals surface area contributed by atoms with E-state index in [1.54, 1.807) is 0 Å². The summed E-state index contributed by atoms with van der Waals surface area (Å²) in [7, 11) is 0. The van der Waals surface area contributed by atoms with Crippen molar-refractivity contribution < 1.29 is 0 Å². The molecule has 0 unspecified atom stereocenters. The van der Waals surface area contributed by atoms with E-state index in [4.69, 9.17) is 9.97 Å². The number of fused-ring (bicyclic) bond motifs is 1. The summed E-state index contributed by atoms with van der Waals surface area (Å²) in [5.41, 5.74) is 8.96. The zero-order valence-corrected chi connectivity index (χ0v) is 16.1. The molecule has 0 radical (unpaired) electrons. The van der Waals surface area contributed by atoms with Crippen molar-refractivity contribution in [1.29, 1.82) is 0 Å². The van der Waals surface area contributed by atoms with Crippen molar-refractivity contribution in [2.24, 2.45) is 0 Å². The lowest BCUT2D eigenvalue weighted by molar-refractivity contribution is 1.29. The van der Waals surface area contributed by atoms with Crippen LogP contribution < -0.4 is 0 Å². The third-order valence-electron chi connectivity index (χ3n) is 5.01. The molecule has 0 saturated heterocycles. The maximum absolute atomic E-state index is 4.97. The van der Waals surface area contributed by atoms with Gasteiger partial charge in [0.05, 0.1) is 28.1 Å². The highest BCUT2D eigenvalue weighted by molar-refractivity contribution is 5.86. The smallest absolute Gasteiger partial charge is 0.0973 e. The summed E-state index contributed by atoms with van der Waals surface area (Å²) in [4.78, 5) is 14.4. The van der Waals surface area contributed by atoms with E-state index in [1.165, 1.54) is 5.56 Å². The number of para-hydroxylation sites is 2. The Balaban J connectivity index is 1.67. The maximum Gasteiger partial charge on any atom is 0.0973 e. The van der Waals surface area contributed by atoms with Gasteiger partial charge >= 0.3 is 0 Å². The standard InChI is InChI=1S/C26H19N3/c1-18-9-11-20(12-10-18)25-26(29-24-8-3-2-7-23(24)28-25)21-15-13-19(14-16-21)22-6-4-5-17-27-22/h2-17H,1H3. The number of aromatic nitrogens is 3. The summed E-state index contributed by atoms with van der Waals surface area (Å²) in [5, 5.41) is 0. The van der Waals surface area contributed by atoms with Crippen LogP contribution in [-0.2, 0) is 0 Å². The first-order valence-corrected chi connectivity index (χ1v) is 9.63. The van der Waals surface area contributed by atoms with Gasteiger partial charge in [-0.05, 0) is 31.2 Å². The van der Waals surface area contributed by atoms with Gasteiger partial charge in [0.25, 0.3) is 0 Å². The number of rotatable bonds is 3. The molecule has 5 rings (SSSR count). The third-order valence-corrected chi connectivity index (χ3v) is 5.01. The van der Waals surface area contributed by atoms with Crippen LogP contribution in [0.25, 0.3) is 44.8 Å². The number of pyridine rings is 1. The summed E-state index contributed by atoms with van der Waals surface area (Å²) in [6, 6.07) is 30.8. The first kappa shape index (κ1) is 17.3. The highest BCUT2D eigenvalue weighted by atomic mass is 14.8. The van der Waals surface area contributed by atoms with Crippen LogP contribution in [0.5, 0.6) is 0 Å². The Morgan fingerprint density at radius 1 is 0.517 bits per heavy atom. The van der Waals surface area contributed by atoms with Crippen LogP contribution in [0.2, 0.25) is 0 Å². The molecule has 3 heteroatoms. The zero-order chi connectivity index (χ0) is 19.6. The van der Waals surface area contributed by atoms with Crippen LogP contribution in [0.4, 0.5) is 0 Å². The predicted molar refractivity (Wildman–Crippen MR) is 118 cm³/mol. The van der Waals surface area contributed by atoms with Gasteiger partial charge in [-0.2, -0.15) is 0 Å². The molecule has 0 fully saturated rings. The molecule has 0 bridgehead atoms. The lowest BCUT2D eigenvalue weighted by Crippen LogP contribution is -1.95. The first-order valence-electron chi connectivity index (χ1n) is 9.63. The molecule has 138 valence electrons. The lowest BCUT2D eigenvalue weighted by atomic mass is 10.0. The Kier molecular flexibility index (Phi) is 4.34. The lowest BCUT2D eigenvalue weighted by Gasteiger charge is -2.11. The van der Waals surface area contributed by atoms with Crippen LogP contribution in [-0.4, -0.2) is 15.0 Å². The number of hydrogen-bond acceptors (Lipinski definition) is 3. The minimum atomic E-state index is 0.889. The predicted octanol–water partition coefficient (Wildman–Crippen LogP) is 6.33. The second kappa shape index (κ2) is 7.28. The van der Waals surface area contributed by atoms with Crippen LogP contribution in [0.15, 0.2) is 97.2 Å². The molecule has 2 aromatic heterocycles. The summed E-state index contributed by atoms with van der Waals surface area (Å²) in [6.45, 7) is 2.09. The molecule has 2 heterocycles. The number of aryl methyl sites for hydroxylation is 1. The monoisotopic (exact) mass is 373 g/mol. The molecule has 0 aliphatic carbocycles. The van der Waals surface area contributed by atoms with E-state index in [-0.39, 0.29) is 0 Å². The van der Waals surface area contributed by atoms with Gasteiger partial charge in [-0.25, -0.2) is 9.97 Å². The Bertz CT molecular complexity index is 1280. The minimum absolute atomic E-state index is 0.889. The fraction of sp³-hybridized carbons (Fsp3) is 0.0385. The van der Waals surface area contributed by atoms with E-state index in [0.717, 1.165) is 44.8 Å². The molecule has 0 saturated carbocycles. The van der Waals surface area contributed by atoms with Crippen molar-refractivity contribution in [2.75, 3.05) is 0 Å². The number of hydrogen-bond donors (Lipinski definition) is 0. The summed E-state index contributed by atoms with van der Waals surface area (Å²) in [5.74, 6) is 0. The number of nitrogens with zero attached hydrogens (tertiary/aromatic N) is 3. The highest BCUT2D eigenvalue weighted by Crippen LogP contribution is 2.32. The molecule has 0 N–H and O–H groups in total.